The van der Waals surface area contributed by atoms with E-state index < -0.39 is 0 Å². The van der Waals surface area contributed by atoms with Gasteiger partial charge in [0.15, 0.2) is 11.7 Å². The van der Waals surface area contributed by atoms with E-state index in [0.29, 0.717) is 24.3 Å². The number of piperidine rings is 1. The molecule has 1 aromatic carbocycles. The Morgan fingerprint density at radius 2 is 2.17 bits per heavy atom. The van der Waals surface area contributed by atoms with Crippen LogP contribution in [0.25, 0.3) is 11.3 Å². The molecule has 0 spiro atoms. The Bertz CT molecular complexity index is 641. The number of nitrogens with two attached hydrogens (primary N) is 1. The average Bonchev–Trinajstić information content (AvgIpc) is 3.02. The summed E-state index contributed by atoms with van der Waals surface area (Å²) in [6, 6.07) is 9.93. The predicted molar refractivity (Wildman–Crippen MR) is 103 cm³/mol. The van der Waals surface area contributed by atoms with Crippen LogP contribution >= 0.6 is 24.0 Å². The Morgan fingerprint density at radius 3 is 2.91 bits per heavy atom. The molecule has 1 aromatic heterocycles. The summed E-state index contributed by atoms with van der Waals surface area (Å²) >= 11 is 0. The highest BCUT2D eigenvalue weighted by Crippen LogP contribution is 2.20. The van der Waals surface area contributed by atoms with Crippen molar-refractivity contribution in [2.24, 2.45) is 16.6 Å². The molecule has 2 aromatic rings. The number of guanidine groups is 1. The molecule has 0 saturated carbocycles. The van der Waals surface area contributed by atoms with E-state index in [1.807, 2.05) is 30.3 Å². The maximum absolute atomic E-state index is 6.08. The van der Waals surface area contributed by atoms with Crippen molar-refractivity contribution in [2.45, 2.75) is 26.3 Å². The molecule has 2 N–H and O–H groups in total. The fraction of sp³-hybridized carbons (Fsp3) is 0.412. The van der Waals surface area contributed by atoms with Gasteiger partial charge in [-0.05, 0) is 18.8 Å². The fourth-order valence-electron chi connectivity index (χ4n) is 2.77. The van der Waals surface area contributed by atoms with Gasteiger partial charge in [-0.3, -0.25) is 0 Å². The molecule has 1 aliphatic heterocycles. The lowest BCUT2D eigenvalue weighted by Crippen LogP contribution is -2.43. The van der Waals surface area contributed by atoms with Gasteiger partial charge < -0.3 is 15.1 Å². The molecule has 0 bridgehead atoms. The summed E-state index contributed by atoms with van der Waals surface area (Å²) in [5.74, 6) is 2.61. The van der Waals surface area contributed by atoms with Gasteiger partial charge in [0.1, 0.15) is 6.54 Å². The Balaban J connectivity index is 0.00000192. The topological polar surface area (TPSA) is 67.7 Å². The summed E-state index contributed by atoms with van der Waals surface area (Å²) in [5.41, 5.74) is 7.10. The fourth-order valence-corrected chi connectivity index (χ4v) is 2.77. The molecular weight excluding hydrogens is 403 g/mol. The van der Waals surface area contributed by atoms with Crippen molar-refractivity contribution < 1.29 is 4.42 Å². The normalized spacial score (nSPS) is 18.6. The third-order valence-electron chi connectivity index (χ3n) is 3.97. The summed E-state index contributed by atoms with van der Waals surface area (Å²) in [6.07, 6.45) is 4.18. The van der Waals surface area contributed by atoms with Crippen LogP contribution in [-0.2, 0) is 6.54 Å². The molecule has 0 aliphatic carbocycles. The van der Waals surface area contributed by atoms with Crippen LogP contribution in [0, 0.1) is 5.92 Å². The minimum atomic E-state index is 0. The second kappa shape index (κ2) is 8.33. The summed E-state index contributed by atoms with van der Waals surface area (Å²) < 4.78 is 5.74. The predicted octanol–water partition coefficient (Wildman–Crippen LogP) is 3.51. The molecule has 1 fully saturated rings. The molecular formula is C17H23IN4O. The summed E-state index contributed by atoms with van der Waals surface area (Å²) in [7, 11) is 0. The molecule has 124 valence electrons. The monoisotopic (exact) mass is 426 g/mol. The molecule has 1 unspecified atom stereocenters. The van der Waals surface area contributed by atoms with E-state index >= 15 is 0 Å². The van der Waals surface area contributed by atoms with Crippen molar-refractivity contribution in [3.05, 3.63) is 42.4 Å². The molecule has 5 nitrogen and oxygen atoms in total. The van der Waals surface area contributed by atoms with E-state index in [4.69, 9.17) is 10.2 Å². The Hall–Kier alpha value is -1.57. The van der Waals surface area contributed by atoms with Crippen LogP contribution in [0.5, 0.6) is 0 Å². The number of nitrogens with zero attached hydrogens (tertiary/aromatic N) is 3. The third kappa shape index (κ3) is 4.70. The Kier molecular flexibility index (Phi) is 6.44. The van der Waals surface area contributed by atoms with E-state index in [1.165, 1.54) is 12.8 Å². The van der Waals surface area contributed by atoms with Gasteiger partial charge >= 0.3 is 0 Å². The zero-order valence-corrected chi connectivity index (χ0v) is 15.6. The molecule has 1 aliphatic rings. The van der Waals surface area contributed by atoms with Crippen molar-refractivity contribution in [1.82, 2.24) is 9.88 Å². The minimum absolute atomic E-state index is 0. The lowest BCUT2D eigenvalue weighted by Gasteiger charge is -2.31. The first-order valence-corrected chi connectivity index (χ1v) is 7.77. The Morgan fingerprint density at radius 1 is 1.39 bits per heavy atom. The number of hydrogen-bond acceptors (Lipinski definition) is 3. The van der Waals surface area contributed by atoms with Gasteiger partial charge in [0.05, 0.1) is 6.20 Å². The molecule has 6 heteroatoms. The highest BCUT2D eigenvalue weighted by atomic mass is 127. The molecule has 1 atom stereocenters. The van der Waals surface area contributed by atoms with E-state index in [9.17, 15) is 0 Å². The van der Waals surface area contributed by atoms with Crippen LogP contribution in [0.2, 0.25) is 0 Å². The number of halogens is 1. The number of benzene rings is 1. The molecule has 0 amide bonds. The number of rotatable bonds is 3. The van der Waals surface area contributed by atoms with Crippen LogP contribution in [0.1, 0.15) is 25.7 Å². The van der Waals surface area contributed by atoms with Crippen molar-refractivity contribution in [3.8, 4) is 11.3 Å². The van der Waals surface area contributed by atoms with Crippen molar-refractivity contribution in [2.75, 3.05) is 13.1 Å². The van der Waals surface area contributed by atoms with Crippen LogP contribution in [0.4, 0.5) is 0 Å². The van der Waals surface area contributed by atoms with Gasteiger partial charge in [0.25, 0.3) is 0 Å². The number of aromatic nitrogens is 1. The number of oxazole rings is 1. The molecule has 23 heavy (non-hydrogen) atoms. The number of aliphatic imine (C=N–C) groups is 1. The van der Waals surface area contributed by atoms with Gasteiger partial charge in [-0.15, -0.1) is 24.0 Å². The average molecular weight is 426 g/mol. The van der Waals surface area contributed by atoms with Gasteiger partial charge in [-0.2, -0.15) is 0 Å². The van der Waals surface area contributed by atoms with E-state index in [0.717, 1.165) is 24.4 Å². The van der Waals surface area contributed by atoms with E-state index in [2.05, 4.69) is 21.8 Å². The maximum Gasteiger partial charge on any atom is 0.216 e. The summed E-state index contributed by atoms with van der Waals surface area (Å²) in [6.45, 7) is 4.60. The van der Waals surface area contributed by atoms with E-state index in [-0.39, 0.29) is 24.0 Å². The number of likely N-dealkylation sites (tertiary alicyclic amines) is 1. The van der Waals surface area contributed by atoms with Crippen molar-refractivity contribution in [1.29, 1.82) is 0 Å². The zero-order chi connectivity index (χ0) is 15.4. The summed E-state index contributed by atoms with van der Waals surface area (Å²) in [4.78, 5) is 10.8. The molecule has 1 saturated heterocycles. The highest BCUT2D eigenvalue weighted by Gasteiger charge is 2.17. The van der Waals surface area contributed by atoms with E-state index in [1.54, 1.807) is 6.20 Å². The second-order valence-corrected chi connectivity index (χ2v) is 5.85. The first-order chi connectivity index (χ1) is 10.7. The summed E-state index contributed by atoms with van der Waals surface area (Å²) in [5, 5.41) is 0. The van der Waals surface area contributed by atoms with Crippen molar-refractivity contribution >= 4 is 29.9 Å². The largest absolute Gasteiger partial charge is 0.439 e. The lowest BCUT2D eigenvalue weighted by atomic mass is 10.0. The molecule has 2 heterocycles. The van der Waals surface area contributed by atoms with Gasteiger partial charge in [0, 0.05) is 18.7 Å². The first-order valence-electron chi connectivity index (χ1n) is 7.77. The second-order valence-electron chi connectivity index (χ2n) is 5.85. The van der Waals surface area contributed by atoms with Crippen LogP contribution < -0.4 is 5.73 Å². The standard InChI is InChI=1S/C17H22N4O.HI/c1-13-6-5-9-21(12-13)17(18)20-11-16-19-10-15(22-16)14-7-3-2-4-8-14;/h2-4,7-8,10,13H,5-6,9,11-12H2,1H3,(H2,18,20);1H. The Labute approximate surface area is 154 Å². The molecule has 3 rings (SSSR count). The smallest absolute Gasteiger partial charge is 0.216 e. The van der Waals surface area contributed by atoms with Gasteiger partial charge in [-0.25, -0.2) is 9.98 Å². The highest BCUT2D eigenvalue weighted by molar-refractivity contribution is 14.0. The van der Waals surface area contributed by atoms with Crippen LogP contribution in [0.3, 0.4) is 0 Å². The molecule has 0 radical (unpaired) electrons. The minimum Gasteiger partial charge on any atom is -0.439 e. The van der Waals surface area contributed by atoms with Crippen LogP contribution in [-0.4, -0.2) is 28.9 Å². The first kappa shape index (κ1) is 17.8. The SMILES string of the molecule is CC1CCCN(C(N)=NCc2ncc(-c3ccccc3)o2)C1.I. The van der Waals surface area contributed by atoms with Gasteiger partial charge in [0.2, 0.25) is 5.89 Å². The lowest BCUT2D eigenvalue weighted by molar-refractivity contribution is 0.270. The van der Waals surface area contributed by atoms with Crippen molar-refractivity contribution in [3.63, 3.8) is 0 Å². The van der Waals surface area contributed by atoms with Gasteiger partial charge in [-0.1, -0.05) is 37.3 Å². The van der Waals surface area contributed by atoms with Crippen LogP contribution in [0.15, 0.2) is 45.9 Å². The zero-order valence-electron chi connectivity index (χ0n) is 13.3. The maximum atomic E-state index is 6.08. The quantitative estimate of drug-likeness (QED) is 0.464. The third-order valence-corrected chi connectivity index (χ3v) is 3.97. The number of hydrogen-bond donors (Lipinski definition) is 1.